The van der Waals surface area contributed by atoms with Gasteiger partial charge in [0.25, 0.3) is 5.91 Å². The molecule has 0 aliphatic carbocycles. The smallest absolute Gasteiger partial charge is 0.251 e. The number of hydrogen-bond donors (Lipinski definition) is 2. The van der Waals surface area contributed by atoms with Crippen LogP contribution in [0.5, 0.6) is 0 Å². The second kappa shape index (κ2) is 9.99. The first-order chi connectivity index (χ1) is 12.1. The summed E-state index contributed by atoms with van der Waals surface area (Å²) in [6, 6.07) is 17.1. The average molecular weight is 403 g/mol. The van der Waals surface area contributed by atoms with Crippen molar-refractivity contribution in [2.45, 2.75) is 32.2 Å². The third-order valence-corrected chi connectivity index (χ3v) is 4.45. The minimum Gasteiger partial charge on any atom is -0.352 e. The van der Waals surface area contributed by atoms with Crippen LogP contribution in [0.3, 0.4) is 0 Å². The van der Waals surface area contributed by atoms with Crippen molar-refractivity contribution in [3.05, 3.63) is 70.2 Å². The van der Waals surface area contributed by atoms with Gasteiger partial charge in [0.1, 0.15) is 0 Å². The fourth-order valence-electron chi connectivity index (χ4n) is 2.53. The largest absolute Gasteiger partial charge is 0.352 e. The van der Waals surface area contributed by atoms with Gasteiger partial charge in [-0.15, -0.1) is 0 Å². The summed E-state index contributed by atoms with van der Waals surface area (Å²) in [7, 11) is 0. The van der Waals surface area contributed by atoms with Gasteiger partial charge >= 0.3 is 0 Å². The van der Waals surface area contributed by atoms with E-state index in [2.05, 4.69) is 26.6 Å². The van der Waals surface area contributed by atoms with E-state index >= 15 is 0 Å². The summed E-state index contributed by atoms with van der Waals surface area (Å²) in [4.78, 5) is 24.0. The van der Waals surface area contributed by atoms with E-state index in [4.69, 9.17) is 0 Å². The molecule has 2 N–H and O–H groups in total. The lowest BCUT2D eigenvalue weighted by molar-refractivity contribution is -0.122. The summed E-state index contributed by atoms with van der Waals surface area (Å²) in [6.45, 7) is 2.53. The van der Waals surface area contributed by atoms with E-state index in [9.17, 15) is 9.59 Å². The van der Waals surface area contributed by atoms with Crippen molar-refractivity contribution >= 4 is 27.7 Å². The van der Waals surface area contributed by atoms with Gasteiger partial charge in [-0.25, -0.2) is 0 Å². The summed E-state index contributed by atoms with van der Waals surface area (Å²) >= 11 is 3.42. The number of carbonyl (C=O) groups is 2. The van der Waals surface area contributed by atoms with Crippen LogP contribution >= 0.6 is 15.9 Å². The van der Waals surface area contributed by atoms with Crippen molar-refractivity contribution in [1.29, 1.82) is 0 Å². The molecular weight excluding hydrogens is 380 g/mol. The normalized spacial score (nSPS) is 11.6. The predicted octanol–water partition coefficient (Wildman–Crippen LogP) is 4.23. The Balaban J connectivity index is 1.72. The molecule has 0 fully saturated rings. The fourth-order valence-corrected chi connectivity index (χ4v) is 2.79. The zero-order valence-corrected chi connectivity index (χ0v) is 15.9. The van der Waals surface area contributed by atoms with Gasteiger partial charge in [-0.05, 0) is 42.7 Å². The van der Waals surface area contributed by atoms with Crippen molar-refractivity contribution in [1.82, 2.24) is 10.6 Å². The quantitative estimate of drug-likeness (QED) is 0.649. The van der Waals surface area contributed by atoms with E-state index in [1.807, 2.05) is 49.4 Å². The Morgan fingerprint density at radius 2 is 1.72 bits per heavy atom. The van der Waals surface area contributed by atoms with Crippen LogP contribution < -0.4 is 10.6 Å². The second-order valence-corrected chi connectivity index (χ2v) is 6.72. The Morgan fingerprint density at radius 1 is 1.04 bits per heavy atom. The van der Waals surface area contributed by atoms with Gasteiger partial charge in [0.15, 0.2) is 0 Å². The maximum atomic E-state index is 12.1. The molecule has 1 atom stereocenters. The van der Waals surface area contributed by atoms with Crippen LogP contribution in [0.25, 0.3) is 0 Å². The fraction of sp³-hybridized carbons (Fsp3) is 0.300. The topological polar surface area (TPSA) is 58.2 Å². The molecule has 0 aliphatic heterocycles. The molecule has 1 unspecified atom stereocenters. The van der Waals surface area contributed by atoms with E-state index in [1.54, 1.807) is 12.1 Å². The van der Waals surface area contributed by atoms with Gasteiger partial charge in [-0.1, -0.05) is 53.2 Å². The molecule has 0 saturated carbocycles. The highest BCUT2D eigenvalue weighted by atomic mass is 79.9. The van der Waals surface area contributed by atoms with Crippen molar-refractivity contribution in [3.63, 3.8) is 0 Å². The molecule has 2 aromatic rings. The van der Waals surface area contributed by atoms with E-state index in [0.29, 0.717) is 24.9 Å². The molecule has 25 heavy (non-hydrogen) atoms. The minimum atomic E-state index is -0.109. The van der Waals surface area contributed by atoms with Crippen molar-refractivity contribution < 1.29 is 9.59 Å². The third-order valence-electron chi connectivity index (χ3n) is 3.92. The molecule has 0 aromatic heterocycles. The number of benzene rings is 2. The first-order valence-corrected chi connectivity index (χ1v) is 9.27. The third kappa shape index (κ3) is 6.35. The number of hydrogen-bond acceptors (Lipinski definition) is 2. The van der Waals surface area contributed by atoms with Gasteiger partial charge in [0.05, 0.1) is 6.04 Å². The molecule has 0 heterocycles. The summed E-state index contributed by atoms with van der Waals surface area (Å²) in [5.41, 5.74) is 1.73. The SMILES string of the molecule is CCC(NC(=O)CCCNC(=O)c1ccccc1)c1ccc(Br)cc1. The van der Waals surface area contributed by atoms with Gasteiger partial charge in [0, 0.05) is 23.0 Å². The molecule has 0 aliphatic rings. The molecule has 132 valence electrons. The Labute approximate surface area is 157 Å². The molecule has 2 amide bonds. The summed E-state index contributed by atoms with van der Waals surface area (Å²) in [6.07, 6.45) is 1.83. The predicted molar refractivity (Wildman–Crippen MR) is 103 cm³/mol. The van der Waals surface area contributed by atoms with Crippen LogP contribution in [0.2, 0.25) is 0 Å². The van der Waals surface area contributed by atoms with Crippen LogP contribution in [-0.2, 0) is 4.79 Å². The minimum absolute atomic E-state index is 0.00345. The molecule has 2 rings (SSSR count). The van der Waals surface area contributed by atoms with E-state index in [0.717, 1.165) is 16.5 Å². The molecular formula is C20H23BrN2O2. The lowest BCUT2D eigenvalue weighted by atomic mass is 10.0. The molecule has 4 nitrogen and oxygen atoms in total. The first-order valence-electron chi connectivity index (χ1n) is 8.48. The number of rotatable bonds is 8. The molecule has 0 radical (unpaired) electrons. The lowest BCUT2D eigenvalue weighted by Crippen LogP contribution is -2.30. The number of halogens is 1. The van der Waals surface area contributed by atoms with E-state index < -0.39 is 0 Å². The van der Waals surface area contributed by atoms with Crippen LogP contribution in [-0.4, -0.2) is 18.4 Å². The maximum Gasteiger partial charge on any atom is 0.251 e. The van der Waals surface area contributed by atoms with Crippen LogP contribution in [0, 0.1) is 0 Å². The zero-order chi connectivity index (χ0) is 18.1. The number of carbonyl (C=O) groups excluding carboxylic acids is 2. The standard InChI is InChI=1S/C20H23BrN2O2/c1-2-18(15-10-12-17(21)13-11-15)23-19(24)9-6-14-22-20(25)16-7-4-3-5-8-16/h3-5,7-8,10-13,18H,2,6,9,14H2,1H3,(H,22,25)(H,23,24). The van der Waals surface area contributed by atoms with Crippen LogP contribution in [0.1, 0.15) is 48.1 Å². The van der Waals surface area contributed by atoms with Gasteiger partial charge in [-0.2, -0.15) is 0 Å². The lowest BCUT2D eigenvalue weighted by Gasteiger charge is -2.17. The van der Waals surface area contributed by atoms with E-state index in [-0.39, 0.29) is 17.9 Å². The number of amides is 2. The van der Waals surface area contributed by atoms with Crippen molar-refractivity contribution in [2.75, 3.05) is 6.54 Å². The highest BCUT2D eigenvalue weighted by Gasteiger charge is 2.12. The molecule has 0 saturated heterocycles. The maximum absolute atomic E-state index is 12.1. The highest BCUT2D eigenvalue weighted by Crippen LogP contribution is 2.19. The zero-order valence-electron chi connectivity index (χ0n) is 14.3. The second-order valence-electron chi connectivity index (χ2n) is 5.81. The molecule has 0 bridgehead atoms. The van der Waals surface area contributed by atoms with E-state index in [1.165, 1.54) is 0 Å². The van der Waals surface area contributed by atoms with Gasteiger partial charge in [-0.3, -0.25) is 9.59 Å². The first kappa shape index (κ1) is 19.2. The Hall–Kier alpha value is -2.14. The van der Waals surface area contributed by atoms with Crippen molar-refractivity contribution in [2.24, 2.45) is 0 Å². The van der Waals surface area contributed by atoms with Crippen molar-refractivity contribution in [3.8, 4) is 0 Å². The Morgan fingerprint density at radius 3 is 2.36 bits per heavy atom. The van der Waals surface area contributed by atoms with Crippen LogP contribution in [0.15, 0.2) is 59.1 Å². The van der Waals surface area contributed by atoms with Gasteiger partial charge < -0.3 is 10.6 Å². The summed E-state index contributed by atoms with van der Waals surface area (Å²) < 4.78 is 1.02. The molecule has 0 spiro atoms. The van der Waals surface area contributed by atoms with Gasteiger partial charge in [0.2, 0.25) is 5.91 Å². The monoisotopic (exact) mass is 402 g/mol. The number of nitrogens with one attached hydrogen (secondary N) is 2. The highest BCUT2D eigenvalue weighted by molar-refractivity contribution is 9.10. The Bertz CT molecular complexity index is 687. The molecule has 5 heteroatoms. The molecule has 2 aromatic carbocycles. The average Bonchev–Trinajstić information content (AvgIpc) is 2.64. The summed E-state index contributed by atoms with van der Waals surface area (Å²) in [5.74, 6) is -0.106. The summed E-state index contributed by atoms with van der Waals surface area (Å²) in [5, 5.41) is 5.89. The van der Waals surface area contributed by atoms with Crippen LogP contribution in [0.4, 0.5) is 0 Å². The Kier molecular flexibility index (Phi) is 7.67.